The molecule has 186 valence electrons. The van der Waals surface area contributed by atoms with E-state index >= 15 is 0 Å². The summed E-state index contributed by atoms with van der Waals surface area (Å²) in [6.07, 6.45) is 4.29. The van der Waals surface area contributed by atoms with Crippen LogP contribution < -0.4 is 4.72 Å². The van der Waals surface area contributed by atoms with Crippen molar-refractivity contribution in [3.05, 3.63) is 96.4 Å². The predicted molar refractivity (Wildman–Crippen MR) is 144 cm³/mol. The van der Waals surface area contributed by atoms with Gasteiger partial charge in [0, 0.05) is 29.8 Å². The van der Waals surface area contributed by atoms with Crippen molar-refractivity contribution in [1.82, 2.24) is 15.0 Å². The largest absolute Gasteiger partial charge is 0.276 e. The fraction of sp³-hybridized carbons (Fsp3) is 0.0385. The number of sulfonamides is 1. The standard InChI is InChI=1S/C26H19ClN4O4S2/c1-36(32,33)20-9-5-6-17(14-20)21-12-13-28-23-11-10-22(30-25(21)23)18-15-24(26(27)29-16-18)31-37(34,35)19-7-3-2-4-8-19/h2-16,31H,1H3. The van der Waals surface area contributed by atoms with Crippen LogP contribution in [0.25, 0.3) is 33.4 Å². The zero-order valence-electron chi connectivity index (χ0n) is 19.3. The van der Waals surface area contributed by atoms with Gasteiger partial charge in [-0.05, 0) is 54.1 Å². The average molecular weight is 551 g/mol. The number of pyridine rings is 3. The number of aromatic nitrogens is 3. The summed E-state index contributed by atoms with van der Waals surface area (Å²) in [6, 6.07) is 21.4. The summed E-state index contributed by atoms with van der Waals surface area (Å²) >= 11 is 6.21. The van der Waals surface area contributed by atoms with E-state index in [1.807, 2.05) is 0 Å². The highest BCUT2D eigenvalue weighted by atomic mass is 35.5. The van der Waals surface area contributed by atoms with Gasteiger partial charge in [0.1, 0.15) is 0 Å². The third-order valence-corrected chi connectivity index (χ3v) is 8.38. The fourth-order valence-corrected chi connectivity index (χ4v) is 5.73. The molecule has 0 saturated heterocycles. The Bertz CT molecular complexity index is 1860. The van der Waals surface area contributed by atoms with Gasteiger partial charge in [-0.25, -0.2) is 26.8 Å². The minimum Gasteiger partial charge on any atom is -0.276 e. The molecule has 5 aromatic rings. The lowest BCUT2D eigenvalue weighted by atomic mass is 10.0. The Kier molecular flexibility index (Phi) is 6.40. The predicted octanol–water partition coefficient (Wildman–Crippen LogP) is 5.22. The molecule has 1 N–H and O–H groups in total. The number of rotatable bonds is 6. The first kappa shape index (κ1) is 24.8. The normalized spacial score (nSPS) is 11.9. The molecule has 0 fully saturated rings. The Morgan fingerprint density at radius 2 is 1.54 bits per heavy atom. The summed E-state index contributed by atoms with van der Waals surface area (Å²) in [5.41, 5.74) is 3.67. The fourth-order valence-electron chi connectivity index (χ4n) is 3.78. The molecule has 0 aliphatic rings. The summed E-state index contributed by atoms with van der Waals surface area (Å²) in [6.45, 7) is 0. The number of hydrogen-bond acceptors (Lipinski definition) is 7. The quantitative estimate of drug-likeness (QED) is 0.288. The summed E-state index contributed by atoms with van der Waals surface area (Å²) in [7, 11) is -7.28. The lowest BCUT2D eigenvalue weighted by Gasteiger charge is -2.12. The lowest BCUT2D eigenvalue weighted by molar-refractivity contribution is 0.600. The number of anilines is 1. The number of hydrogen-bond donors (Lipinski definition) is 1. The van der Waals surface area contributed by atoms with E-state index in [0.29, 0.717) is 33.4 Å². The Morgan fingerprint density at radius 1 is 0.784 bits per heavy atom. The number of benzene rings is 2. The summed E-state index contributed by atoms with van der Waals surface area (Å²) in [5, 5.41) is -0.0102. The topological polar surface area (TPSA) is 119 Å². The Hall–Kier alpha value is -3.86. The zero-order chi connectivity index (χ0) is 26.2. The van der Waals surface area contributed by atoms with E-state index < -0.39 is 19.9 Å². The van der Waals surface area contributed by atoms with E-state index in [1.54, 1.807) is 72.9 Å². The van der Waals surface area contributed by atoms with Crippen molar-refractivity contribution in [2.45, 2.75) is 9.79 Å². The van der Waals surface area contributed by atoms with Crippen molar-refractivity contribution in [3.8, 4) is 22.4 Å². The first-order valence-electron chi connectivity index (χ1n) is 10.9. The molecule has 8 nitrogen and oxygen atoms in total. The molecular weight excluding hydrogens is 532 g/mol. The molecule has 5 rings (SSSR count). The number of nitrogens with zero attached hydrogens (tertiary/aromatic N) is 3. The second-order valence-electron chi connectivity index (χ2n) is 8.20. The van der Waals surface area contributed by atoms with Gasteiger partial charge in [0.2, 0.25) is 0 Å². The minimum absolute atomic E-state index is 0.0102. The third-order valence-electron chi connectivity index (χ3n) is 5.59. The van der Waals surface area contributed by atoms with Crippen molar-refractivity contribution in [2.75, 3.05) is 11.0 Å². The van der Waals surface area contributed by atoms with Crippen LogP contribution in [-0.2, 0) is 19.9 Å². The number of fused-ring (bicyclic) bond motifs is 1. The highest BCUT2D eigenvalue weighted by Gasteiger charge is 2.18. The number of nitrogens with one attached hydrogen (secondary N) is 1. The van der Waals surface area contributed by atoms with Gasteiger partial charge < -0.3 is 0 Å². The van der Waals surface area contributed by atoms with Crippen molar-refractivity contribution in [2.24, 2.45) is 0 Å². The molecule has 0 amide bonds. The van der Waals surface area contributed by atoms with Crippen molar-refractivity contribution < 1.29 is 16.8 Å². The molecular formula is C26H19ClN4O4S2. The molecule has 0 atom stereocenters. The molecule has 0 aliphatic carbocycles. The van der Waals surface area contributed by atoms with Gasteiger partial charge in [-0.3, -0.25) is 9.71 Å². The maximum absolute atomic E-state index is 12.8. The van der Waals surface area contributed by atoms with E-state index in [4.69, 9.17) is 16.6 Å². The van der Waals surface area contributed by atoms with Crippen LogP contribution in [0.5, 0.6) is 0 Å². The van der Waals surface area contributed by atoms with E-state index in [1.165, 1.54) is 18.3 Å². The van der Waals surface area contributed by atoms with Crippen molar-refractivity contribution >= 4 is 48.2 Å². The molecule has 0 aliphatic heterocycles. The molecule has 0 spiro atoms. The summed E-state index contributed by atoms with van der Waals surface area (Å²) in [5.74, 6) is 0. The summed E-state index contributed by atoms with van der Waals surface area (Å²) in [4.78, 5) is 13.6. The lowest BCUT2D eigenvalue weighted by Crippen LogP contribution is -2.13. The van der Waals surface area contributed by atoms with Gasteiger partial charge in [-0.15, -0.1) is 0 Å². The highest BCUT2D eigenvalue weighted by Crippen LogP contribution is 2.32. The van der Waals surface area contributed by atoms with E-state index in [9.17, 15) is 16.8 Å². The van der Waals surface area contributed by atoms with E-state index in [0.717, 1.165) is 6.26 Å². The Labute approximate surface area is 219 Å². The first-order chi connectivity index (χ1) is 17.6. The van der Waals surface area contributed by atoms with Crippen LogP contribution in [0.15, 0.2) is 101 Å². The highest BCUT2D eigenvalue weighted by molar-refractivity contribution is 7.92. The van der Waals surface area contributed by atoms with Gasteiger partial charge in [-0.2, -0.15) is 0 Å². The molecule has 3 aromatic heterocycles. The molecule has 11 heteroatoms. The van der Waals surface area contributed by atoms with Crippen LogP contribution in [0.1, 0.15) is 0 Å². The molecule has 3 heterocycles. The van der Waals surface area contributed by atoms with Gasteiger partial charge in [0.15, 0.2) is 15.0 Å². The van der Waals surface area contributed by atoms with Crippen molar-refractivity contribution in [1.29, 1.82) is 0 Å². The maximum Gasteiger partial charge on any atom is 0.261 e. The Morgan fingerprint density at radius 3 is 2.30 bits per heavy atom. The van der Waals surface area contributed by atoms with E-state index in [-0.39, 0.29) is 20.6 Å². The monoisotopic (exact) mass is 550 g/mol. The van der Waals surface area contributed by atoms with Crippen LogP contribution in [0.2, 0.25) is 5.15 Å². The first-order valence-corrected chi connectivity index (χ1v) is 14.7. The Balaban J connectivity index is 1.58. The molecule has 0 saturated carbocycles. The molecule has 2 aromatic carbocycles. The van der Waals surface area contributed by atoms with Gasteiger partial charge in [-0.1, -0.05) is 41.9 Å². The molecule has 0 bridgehead atoms. The SMILES string of the molecule is CS(=O)(=O)c1cccc(-c2ccnc3ccc(-c4cnc(Cl)c(NS(=O)(=O)c5ccccc5)c4)nc23)c1. The second-order valence-corrected chi connectivity index (χ2v) is 12.3. The van der Waals surface area contributed by atoms with Crippen LogP contribution in [0.4, 0.5) is 5.69 Å². The molecule has 37 heavy (non-hydrogen) atoms. The smallest absolute Gasteiger partial charge is 0.261 e. The second kappa shape index (κ2) is 9.55. The van der Waals surface area contributed by atoms with Gasteiger partial charge in [0.25, 0.3) is 10.0 Å². The molecule has 0 radical (unpaired) electrons. The van der Waals surface area contributed by atoms with Gasteiger partial charge >= 0.3 is 0 Å². The van der Waals surface area contributed by atoms with Crippen LogP contribution in [0.3, 0.4) is 0 Å². The summed E-state index contributed by atoms with van der Waals surface area (Å²) < 4.78 is 52.3. The van der Waals surface area contributed by atoms with Crippen LogP contribution >= 0.6 is 11.6 Å². The maximum atomic E-state index is 12.8. The van der Waals surface area contributed by atoms with Crippen molar-refractivity contribution in [3.63, 3.8) is 0 Å². The van der Waals surface area contributed by atoms with Crippen LogP contribution in [-0.4, -0.2) is 38.0 Å². The number of halogens is 1. The number of sulfone groups is 1. The molecule has 0 unspecified atom stereocenters. The van der Waals surface area contributed by atoms with E-state index in [2.05, 4.69) is 14.7 Å². The van der Waals surface area contributed by atoms with Crippen LogP contribution in [0, 0.1) is 0 Å². The minimum atomic E-state index is -3.88. The van der Waals surface area contributed by atoms with Gasteiger partial charge in [0.05, 0.1) is 32.2 Å². The average Bonchev–Trinajstić information content (AvgIpc) is 2.89. The zero-order valence-corrected chi connectivity index (χ0v) is 21.7. The third kappa shape index (κ3) is 5.17.